The van der Waals surface area contributed by atoms with Crippen molar-refractivity contribution in [3.8, 4) is 0 Å². The van der Waals surface area contributed by atoms with Crippen LogP contribution in [0.4, 0.5) is 0 Å². The molecule has 0 radical (unpaired) electrons. The minimum absolute atomic E-state index is 0.0386. The van der Waals surface area contributed by atoms with Gasteiger partial charge in [0.1, 0.15) is 0 Å². The fraction of sp³-hybridized carbons (Fsp3) is 0.375. The number of benzene rings is 2. The minimum atomic E-state index is -3.72. The van der Waals surface area contributed by atoms with Crippen LogP contribution in [-0.4, -0.2) is 36.2 Å². The highest BCUT2D eigenvalue weighted by Crippen LogP contribution is 2.31. The van der Waals surface area contributed by atoms with Gasteiger partial charge in [-0.15, -0.1) is 0 Å². The Kier molecular flexibility index (Phi) is 7.70. The zero-order chi connectivity index (χ0) is 24.1. The lowest BCUT2D eigenvalue weighted by Crippen LogP contribution is -2.30. The standard InChI is InChI=1S/C24H28N4O4S2/c25-34(31,32)19-12-10-17(11-13-19)14-15-26-22(29)16-33-24-27-21-9-5-4-8-20(21)23(30)28(24)18-6-2-1-3-7-18/h4-5,8-13,18H,1-3,6-7,14-16H2,(H,26,29)(H2,25,31,32). The van der Waals surface area contributed by atoms with Gasteiger partial charge in [0.15, 0.2) is 5.16 Å². The fourth-order valence-electron chi connectivity index (χ4n) is 4.26. The second-order valence-electron chi connectivity index (χ2n) is 8.46. The molecule has 1 aliphatic carbocycles. The molecular weight excluding hydrogens is 472 g/mol. The third-order valence-corrected chi connectivity index (χ3v) is 7.92. The summed E-state index contributed by atoms with van der Waals surface area (Å²) in [6.45, 7) is 0.411. The van der Waals surface area contributed by atoms with Crippen LogP contribution < -0.4 is 16.0 Å². The lowest BCUT2D eigenvalue weighted by atomic mass is 9.95. The molecule has 0 unspecified atom stereocenters. The normalized spacial score (nSPS) is 14.9. The number of carbonyl (C=O) groups is 1. The first kappa shape index (κ1) is 24.4. The molecule has 1 aliphatic rings. The number of nitrogens with one attached hydrogen (secondary N) is 1. The number of amides is 1. The Labute approximate surface area is 203 Å². The third-order valence-electron chi connectivity index (χ3n) is 6.04. The molecule has 3 aromatic rings. The van der Waals surface area contributed by atoms with Crippen LogP contribution >= 0.6 is 11.8 Å². The molecule has 0 saturated heterocycles. The topological polar surface area (TPSA) is 124 Å². The van der Waals surface area contributed by atoms with Crippen molar-refractivity contribution < 1.29 is 13.2 Å². The molecule has 1 aromatic heterocycles. The van der Waals surface area contributed by atoms with Crippen molar-refractivity contribution in [2.45, 2.75) is 54.6 Å². The van der Waals surface area contributed by atoms with Crippen molar-refractivity contribution >= 4 is 38.6 Å². The molecule has 10 heteroatoms. The van der Waals surface area contributed by atoms with Crippen molar-refractivity contribution in [2.24, 2.45) is 5.14 Å². The molecule has 1 fully saturated rings. The van der Waals surface area contributed by atoms with Gasteiger partial charge in [-0.2, -0.15) is 0 Å². The van der Waals surface area contributed by atoms with E-state index in [0.717, 1.165) is 31.2 Å². The number of aromatic nitrogens is 2. The third kappa shape index (κ3) is 5.86. The van der Waals surface area contributed by atoms with Gasteiger partial charge in [0, 0.05) is 12.6 Å². The van der Waals surface area contributed by atoms with Gasteiger partial charge in [-0.05, 0) is 49.1 Å². The zero-order valence-corrected chi connectivity index (χ0v) is 20.4. The van der Waals surface area contributed by atoms with Crippen LogP contribution in [0.1, 0.15) is 43.7 Å². The molecule has 3 N–H and O–H groups in total. The molecule has 1 heterocycles. The predicted molar refractivity (Wildman–Crippen MR) is 133 cm³/mol. The number of rotatable bonds is 8. The van der Waals surface area contributed by atoms with Crippen molar-refractivity contribution in [3.63, 3.8) is 0 Å². The highest BCUT2D eigenvalue weighted by atomic mass is 32.2. The van der Waals surface area contributed by atoms with Gasteiger partial charge >= 0.3 is 0 Å². The second kappa shape index (κ2) is 10.7. The van der Waals surface area contributed by atoms with E-state index in [-0.39, 0.29) is 28.2 Å². The maximum atomic E-state index is 13.3. The van der Waals surface area contributed by atoms with Gasteiger partial charge in [-0.3, -0.25) is 14.2 Å². The molecule has 0 bridgehead atoms. The van der Waals surface area contributed by atoms with Crippen molar-refractivity contribution in [1.29, 1.82) is 0 Å². The molecule has 8 nitrogen and oxygen atoms in total. The monoisotopic (exact) mass is 500 g/mol. The van der Waals surface area contributed by atoms with Gasteiger partial charge in [0.05, 0.1) is 21.6 Å². The summed E-state index contributed by atoms with van der Waals surface area (Å²) in [7, 11) is -3.72. The molecule has 2 aromatic carbocycles. The van der Waals surface area contributed by atoms with E-state index in [4.69, 9.17) is 10.1 Å². The number of primary sulfonamides is 1. The van der Waals surface area contributed by atoms with Crippen LogP contribution in [-0.2, 0) is 21.2 Å². The number of carbonyl (C=O) groups excluding carboxylic acids is 1. The molecule has 1 saturated carbocycles. The van der Waals surface area contributed by atoms with Gasteiger partial charge in [0.2, 0.25) is 15.9 Å². The number of hydrogen-bond donors (Lipinski definition) is 2. The van der Waals surface area contributed by atoms with E-state index in [1.165, 1.54) is 30.3 Å². The smallest absolute Gasteiger partial charge is 0.262 e. The number of sulfonamides is 1. The SMILES string of the molecule is NS(=O)(=O)c1ccc(CCNC(=O)CSc2nc3ccccc3c(=O)n2C2CCCCC2)cc1. The molecule has 4 rings (SSSR count). The summed E-state index contributed by atoms with van der Waals surface area (Å²) < 4.78 is 24.5. The van der Waals surface area contributed by atoms with E-state index >= 15 is 0 Å². The van der Waals surface area contributed by atoms with Gasteiger partial charge in [-0.25, -0.2) is 18.5 Å². The summed E-state index contributed by atoms with van der Waals surface area (Å²) >= 11 is 1.29. The van der Waals surface area contributed by atoms with Crippen LogP contribution in [0.15, 0.2) is 63.4 Å². The van der Waals surface area contributed by atoms with Crippen molar-refractivity contribution in [2.75, 3.05) is 12.3 Å². The Morgan fingerprint density at radius 3 is 2.50 bits per heavy atom. The van der Waals surface area contributed by atoms with Crippen LogP contribution in [0.2, 0.25) is 0 Å². The van der Waals surface area contributed by atoms with Gasteiger partial charge < -0.3 is 5.32 Å². The number of nitrogens with two attached hydrogens (primary N) is 1. The Hall–Kier alpha value is -2.69. The first-order valence-corrected chi connectivity index (χ1v) is 13.9. The highest BCUT2D eigenvalue weighted by Gasteiger charge is 2.22. The molecule has 34 heavy (non-hydrogen) atoms. The Balaban J connectivity index is 1.40. The first-order chi connectivity index (χ1) is 16.3. The number of nitrogens with zero attached hydrogens (tertiary/aromatic N) is 2. The zero-order valence-electron chi connectivity index (χ0n) is 18.8. The number of thioether (sulfide) groups is 1. The first-order valence-electron chi connectivity index (χ1n) is 11.4. The maximum Gasteiger partial charge on any atom is 0.262 e. The molecule has 0 spiro atoms. The van der Waals surface area contributed by atoms with Gasteiger partial charge in [-0.1, -0.05) is 55.3 Å². The summed E-state index contributed by atoms with van der Waals surface area (Å²) in [5.41, 5.74) is 1.50. The van der Waals surface area contributed by atoms with Crippen molar-refractivity contribution in [3.05, 3.63) is 64.4 Å². The van der Waals surface area contributed by atoms with Crippen molar-refractivity contribution in [1.82, 2.24) is 14.9 Å². The molecule has 1 amide bonds. The minimum Gasteiger partial charge on any atom is -0.355 e. The average Bonchev–Trinajstić information content (AvgIpc) is 2.83. The molecular formula is C24H28N4O4S2. The number of hydrogen-bond acceptors (Lipinski definition) is 6. The Morgan fingerprint density at radius 2 is 1.79 bits per heavy atom. The Morgan fingerprint density at radius 1 is 1.09 bits per heavy atom. The number of para-hydroxylation sites is 1. The summed E-state index contributed by atoms with van der Waals surface area (Å²) in [6, 6.07) is 13.7. The van der Waals surface area contributed by atoms with Gasteiger partial charge in [0.25, 0.3) is 5.56 Å². The van der Waals surface area contributed by atoms with E-state index in [2.05, 4.69) is 5.32 Å². The van der Waals surface area contributed by atoms with E-state index in [9.17, 15) is 18.0 Å². The van der Waals surface area contributed by atoms with E-state index in [1.807, 2.05) is 18.2 Å². The molecule has 180 valence electrons. The van der Waals surface area contributed by atoms with Crippen LogP contribution in [0.5, 0.6) is 0 Å². The maximum absolute atomic E-state index is 13.3. The quantitative estimate of drug-likeness (QED) is 0.362. The fourth-order valence-corrected chi connectivity index (χ4v) is 5.67. The molecule has 0 aliphatic heterocycles. The predicted octanol–water partition coefficient (Wildman–Crippen LogP) is 3.00. The summed E-state index contributed by atoms with van der Waals surface area (Å²) in [5.74, 6) is 0.00532. The largest absolute Gasteiger partial charge is 0.355 e. The van der Waals surface area contributed by atoms with Crippen LogP contribution in [0, 0.1) is 0 Å². The van der Waals surface area contributed by atoms with Crippen LogP contribution in [0.3, 0.4) is 0 Å². The lowest BCUT2D eigenvalue weighted by molar-refractivity contribution is -0.118. The highest BCUT2D eigenvalue weighted by molar-refractivity contribution is 7.99. The van der Waals surface area contributed by atoms with E-state index in [1.54, 1.807) is 22.8 Å². The number of fused-ring (bicyclic) bond motifs is 1. The average molecular weight is 501 g/mol. The molecule has 0 atom stereocenters. The summed E-state index contributed by atoms with van der Waals surface area (Å²) in [5, 5.41) is 9.19. The summed E-state index contributed by atoms with van der Waals surface area (Å²) in [6.07, 6.45) is 5.82. The lowest BCUT2D eigenvalue weighted by Gasteiger charge is -2.26. The van der Waals surface area contributed by atoms with E-state index < -0.39 is 10.0 Å². The van der Waals surface area contributed by atoms with Crippen LogP contribution in [0.25, 0.3) is 10.9 Å². The summed E-state index contributed by atoms with van der Waals surface area (Å²) in [4.78, 5) is 30.5. The Bertz CT molecular complexity index is 1330. The van der Waals surface area contributed by atoms with E-state index in [0.29, 0.717) is 29.0 Å². The second-order valence-corrected chi connectivity index (χ2v) is 11.0.